The van der Waals surface area contributed by atoms with Crippen LogP contribution < -0.4 is 0 Å². The van der Waals surface area contributed by atoms with Gasteiger partial charge in [0.05, 0.1) is 17.1 Å². The monoisotopic (exact) mass is 457 g/mol. The maximum Gasteiger partial charge on any atom is 0.411 e. The second-order valence-electron chi connectivity index (χ2n) is 9.22. The van der Waals surface area contributed by atoms with E-state index in [1.165, 1.54) is 0 Å². The van der Waals surface area contributed by atoms with Gasteiger partial charge in [0.1, 0.15) is 11.4 Å². The van der Waals surface area contributed by atoms with Crippen LogP contribution in [-0.2, 0) is 4.74 Å². The number of nitrogens with one attached hydrogen (secondary N) is 1. The summed E-state index contributed by atoms with van der Waals surface area (Å²) in [4.78, 5) is 23.3. The predicted molar refractivity (Wildman–Crippen MR) is 120 cm³/mol. The number of rotatable bonds is 3. The Hall–Kier alpha value is -2.08. The van der Waals surface area contributed by atoms with E-state index in [0.717, 1.165) is 32.1 Å². The number of imidazole rings is 1. The first kappa shape index (κ1) is 20.2. The number of halogens is 1. The number of carbonyl (C=O) groups excluding carboxylic acids is 1. The molecule has 1 fully saturated rings. The lowest BCUT2D eigenvalue weighted by atomic mass is 10.1. The lowest BCUT2D eigenvalue weighted by molar-refractivity contribution is 0.0127. The number of aromatic amines is 1. The van der Waals surface area contributed by atoms with E-state index in [2.05, 4.69) is 53.0 Å². The molecular weight excluding hydrogens is 430 g/mol. The second-order valence-corrected chi connectivity index (χ2v) is 10.1. The van der Waals surface area contributed by atoms with Crippen molar-refractivity contribution in [3.05, 3.63) is 40.6 Å². The first-order valence-corrected chi connectivity index (χ1v) is 11.0. The van der Waals surface area contributed by atoms with Gasteiger partial charge < -0.3 is 9.72 Å². The van der Waals surface area contributed by atoms with E-state index in [-0.39, 0.29) is 18.2 Å². The van der Waals surface area contributed by atoms with E-state index in [1.54, 1.807) is 0 Å². The van der Waals surface area contributed by atoms with Crippen LogP contribution in [0.15, 0.2) is 34.8 Å². The van der Waals surface area contributed by atoms with Crippen molar-refractivity contribution in [1.29, 1.82) is 0 Å². The molecule has 1 aliphatic carbocycles. The summed E-state index contributed by atoms with van der Waals surface area (Å²) in [6.45, 7) is 12.1. The van der Waals surface area contributed by atoms with E-state index in [4.69, 9.17) is 9.72 Å². The maximum absolute atomic E-state index is 13.1. The first-order chi connectivity index (χ1) is 13.6. The summed E-state index contributed by atoms with van der Waals surface area (Å²) < 4.78 is 6.78. The van der Waals surface area contributed by atoms with Crippen LogP contribution >= 0.6 is 15.9 Å². The van der Waals surface area contributed by atoms with Gasteiger partial charge in [-0.25, -0.2) is 9.78 Å². The van der Waals surface area contributed by atoms with Gasteiger partial charge in [-0.05, 0) is 63.1 Å². The minimum absolute atomic E-state index is 0.167. The van der Waals surface area contributed by atoms with Crippen molar-refractivity contribution in [3.63, 3.8) is 0 Å². The van der Waals surface area contributed by atoms with Crippen molar-refractivity contribution in [2.45, 2.75) is 59.2 Å². The largest absolute Gasteiger partial charge is 0.444 e. The van der Waals surface area contributed by atoms with E-state index in [9.17, 15) is 4.79 Å². The fourth-order valence-electron chi connectivity index (χ4n) is 4.12. The average molecular weight is 458 g/mol. The van der Waals surface area contributed by atoms with Gasteiger partial charge >= 0.3 is 6.09 Å². The molecule has 3 atom stereocenters. The summed E-state index contributed by atoms with van der Waals surface area (Å²) in [6.07, 6.45) is -0.277. The third kappa shape index (κ3) is 3.75. The van der Waals surface area contributed by atoms with Crippen LogP contribution in [-0.4, -0.2) is 32.6 Å². The standard InChI is InChI=1S/C23H28BrN3O2/c1-12-13(2)20(12)27(22(28)29-23(4,5)6)14(3)21-25-18-10-7-15-11-16(24)8-9-17(15)19(18)26-21/h7-14,20H,1-6H3,(H,25,26). The highest BCUT2D eigenvalue weighted by Crippen LogP contribution is 2.46. The highest BCUT2D eigenvalue weighted by atomic mass is 79.9. The summed E-state index contributed by atoms with van der Waals surface area (Å²) in [5.41, 5.74) is 1.37. The van der Waals surface area contributed by atoms with Gasteiger partial charge in [-0.15, -0.1) is 0 Å². The number of aromatic nitrogens is 2. The minimum atomic E-state index is -0.534. The zero-order valence-corrected chi connectivity index (χ0v) is 19.4. The molecule has 1 aromatic heterocycles. The summed E-state index contributed by atoms with van der Waals surface area (Å²) in [7, 11) is 0. The van der Waals surface area contributed by atoms with Crippen LogP contribution in [0.2, 0.25) is 0 Å². The third-order valence-electron chi connectivity index (χ3n) is 5.95. The average Bonchev–Trinajstić information content (AvgIpc) is 3.05. The quantitative estimate of drug-likeness (QED) is 0.492. The third-order valence-corrected chi connectivity index (χ3v) is 6.45. The number of hydrogen-bond donors (Lipinski definition) is 1. The molecule has 0 spiro atoms. The van der Waals surface area contributed by atoms with Crippen molar-refractivity contribution < 1.29 is 9.53 Å². The summed E-state index contributed by atoms with van der Waals surface area (Å²) in [6, 6.07) is 10.3. The van der Waals surface area contributed by atoms with Crippen LogP contribution in [0.5, 0.6) is 0 Å². The molecule has 154 valence electrons. The lowest BCUT2D eigenvalue weighted by Gasteiger charge is -2.31. The number of amides is 1. The van der Waals surface area contributed by atoms with Crippen LogP contribution in [0.4, 0.5) is 4.79 Å². The second kappa shape index (κ2) is 7.01. The molecule has 0 bridgehead atoms. The van der Waals surface area contributed by atoms with Crippen LogP contribution in [0.1, 0.15) is 53.4 Å². The van der Waals surface area contributed by atoms with Gasteiger partial charge in [-0.3, -0.25) is 4.90 Å². The van der Waals surface area contributed by atoms with Crippen LogP contribution in [0.25, 0.3) is 21.8 Å². The maximum atomic E-state index is 13.1. The minimum Gasteiger partial charge on any atom is -0.444 e. The van der Waals surface area contributed by atoms with E-state index >= 15 is 0 Å². The number of fused-ring (bicyclic) bond motifs is 3. The molecule has 5 nitrogen and oxygen atoms in total. The molecule has 3 aromatic rings. The lowest BCUT2D eigenvalue weighted by Crippen LogP contribution is -2.41. The van der Waals surface area contributed by atoms with Crippen LogP contribution in [0.3, 0.4) is 0 Å². The normalized spacial score (nSPS) is 22.7. The van der Waals surface area contributed by atoms with Gasteiger partial charge in [0.15, 0.2) is 0 Å². The zero-order chi connectivity index (χ0) is 21.1. The van der Waals surface area contributed by atoms with Gasteiger partial charge in [0.2, 0.25) is 0 Å². The highest BCUT2D eigenvalue weighted by molar-refractivity contribution is 9.10. The molecule has 1 N–H and O–H groups in total. The van der Waals surface area contributed by atoms with Gasteiger partial charge in [0.25, 0.3) is 0 Å². The molecule has 1 heterocycles. The molecule has 1 aliphatic rings. The van der Waals surface area contributed by atoms with Crippen molar-refractivity contribution in [2.75, 3.05) is 0 Å². The molecule has 6 heteroatoms. The topological polar surface area (TPSA) is 58.2 Å². The van der Waals surface area contributed by atoms with Gasteiger partial charge in [0, 0.05) is 15.9 Å². The molecule has 2 aromatic carbocycles. The molecule has 0 saturated heterocycles. The number of ether oxygens (including phenoxy) is 1. The Balaban J connectivity index is 1.73. The number of carbonyl (C=O) groups is 1. The molecular formula is C23H28BrN3O2. The Morgan fingerprint density at radius 2 is 1.90 bits per heavy atom. The summed E-state index contributed by atoms with van der Waals surface area (Å²) in [5, 5.41) is 2.23. The van der Waals surface area contributed by atoms with E-state index < -0.39 is 5.60 Å². The molecule has 0 aliphatic heterocycles. The van der Waals surface area contributed by atoms with Gasteiger partial charge in [-0.2, -0.15) is 0 Å². The van der Waals surface area contributed by atoms with Crippen molar-refractivity contribution in [1.82, 2.24) is 14.9 Å². The summed E-state index contributed by atoms with van der Waals surface area (Å²) >= 11 is 3.53. The number of benzene rings is 2. The Bertz CT molecular complexity index is 1080. The highest BCUT2D eigenvalue weighted by Gasteiger charge is 2.51. The van der Waals surface area contributed by atoms with Crippen molar-refractivity contribution in [2.24, 2.45) is 11.8 Å². The molecule has 3 unspecified atom stereocenters. The number of nitrogens with zero attached hydrogens (tertiary/aromatic N) is 2. The first-order valence-electron chi connectivity index (χ1n) is 10.2. The smallest absolute Gasteiger partial charge is 0.411 e. The fourth-order valence-corrected chi connectivity index (χ4v) is 4.50. The van der Waals surface area contributed by atoms with Crippen LogP contribution in [0, 0.1) is 11.8 Å². The molecule has 29 heavy (non-hydrogen) atoms. The Morgan fingerprint density at radius 1 is 1.21 bits per heavy atom. The fraction of sp³-hybridized carbons (Fsp3) is 0.478. The number of hydrogen-bond acceptors (Lipinski definition) is 3. The van der Waals surface area contributed by atoms with Crippen molar-refractivity contribution in [3.8, 4) is 0 Å². The molecule has 1 saturated carbocycles. The van der Waals surface area contributed by atoms with Gasteiger partial charge in [-0.1, -0.05) is 41.9 Å². The van der Waals surface area contributed by atoms with E-state index in [0.29, 0.717) is 11.8 Å². The Kier molecular flexibility index (Phi) is 4.88. The summed E-state index contributed by atoms with van der Waals surface area (Å²) in [5.74, 6) is 1.69. The zero-order valence-electron chi connectivity index (χ0n) is 17.8. The molecule has 4 rings (SSSR count). The Labute approximate surface area is 179 Å². The van der Waals surface area contributed by atoms with Crippen molar-refractivity contribution >= 4 is 43.8 Å². The molecule has 1 amide bonds. The Morgan fingerprint density at radius 3 is 2.52 bits per heavy atom. The SMILES string of the molecule is CC1C(C)C1N(C(=O)OC(C)(C)C)C(C)c1nc2c(ccc3cc(Br)ccc32)[nH]1. The number of H-pyrrole nitrogens is 1. The molecule has 0 radical (unpaired) electrons. The predicted octanol–water partition coefficient (Wildman–Crippen LogP) is 6.43. The van der Waals surface area contributed by atoms with E-state index in [1.807, 2.05) is 44.7 Å².